The molecule has 0 spiro atoms. The molecule has 3 heteroatoms. The van der Waals surface area contributed by atoms with Gasteiger partial charge in [-0.2, -0.15) is 5.26 Å². The largest absolute Gasteiger partial charge is 0.300 e. The number of hydrogen-bond acceptors (Lipinski definition) is 3. The van der Waals surface area contributed by atoms with E-state index in [9.17, 15) is 5.26 Å². The lowest BCUT2D eigenvalue weighted by Gasteiger charge is -2.44. The van der Waals surface area contributed by atoms with Gasteiger partial charge in [-0.1, -0.05) is 27.2 Å². The van der Waals surface area contributed by atoms with Gasteiger partial charge in [-0.15, -0.1) is 0 Å². The van der Waals surface area contributed by atoms with Crippen molar-refractivity contribution in [1.29, 1.82) is 5.26 Å². The summed E-state index contributed by atoms with van der Waals surface area (Å²) in [5, 5.41) is 13.1. The predicted molar refractivity (Wildman–Crippen MR) is 85.6 cm³/mol. The summed E-state index contributed by atoms with van der Waals surface area (Å²) in [7, 11) is 0. The molecule has 0 aromatic heterocycles. The van der Waals surface area contributed by atoms with Gasteiger partial charge in [0.05, 0.1) is 6.07 Å². The van der Waals surface area contributed by atoms with E-state index in [0.717, 1.165) is 19.4 Å². The maximum Gasteiger partial charge on any atom is 0.108 e. The van der Waals surface area contributed by atoms with Crippen LogP contribution in [0.3, 0.4) is 0 Å². The van der Waals surface area contributed by atoms with Crippen molar-refractivity contribution in [3.05, 3.63) is 0 Å². The molecule has 0 aromatic rings. The third-order valence-corrected chi connectivity index (χ3v) is 4.85. The van der Waals surface area contributed by atoms with Gasteiger partial charge in [0.1, 0.15) is 5.54 Å². The van der Waals surface area contributed by atoms with Gasteiger partial charge in [-0.05, 0) is 58.5 Å². The van der Waals surface area contributed by atoms with E-state index in [0.29, 0.717) is 12.1 Å². The van der Waals surface area contributed by atoms with E-state index in [4.69, 9.17) is 0 Å². The first-order valence-corrected chi connectivity index (χ1v) is 8.54. The van der Waals surface area contributed by atoms with Gasteiger partial charge in [0.25, 0.3) is 0 Å². The van der Waals surface area contributed by atoms with Crippen LogP contribution in [-0.4, -0.2) is 35.6 Å². The van der Waals surface area contributed by atoms with Crippen LogP contribution in [0.2, 0.25) is 0 Å². The molecule has 1 aliphatic carbocycles. The van der Waals surface area contributed by atoms with E-state index < -0.39 is 0 Å². The summed E-state index contributed by atoms with van der Waals surface area (Å²) in [5.41, 5.74) is -0.282. The van der Waals surface area contributed by atoms with E-state index in [1.165, 1.54) is 38.6 Å². The van der Waals surface area contributed by atoms with Crippen molar-refractivity contribution < 1.29 is 0 Å². The van der Waals surface area contributed by atoms with E-state index in [1.54, 1.807) is 0 Å². The summed E-state index contributed by atoms with van der Waals surface area (Å²) >= 11 is 0. The van der Waals surface area contributed by atoms with Crippen LogP contribution >= 0.6 is 0 Å². The maximum absolute atomic E-state index is 9.61. The van der Waals surface area contributed by atoms with Crippen LogP contribution in [0.5, 0.6) is 0 Å². The maximum atomic E-state index is 9.61. The fraction of sp³-hybridized carbons (Fsp3) is 0.941. The van der Waals surface area contributed by atoms with Crippen LogP contribution in [0.1, 0.15) is 72.6 Å². The predicted octanol–water partition coefficient (Wildman–Crippen LogP) is 3.70. The third-order valence-electron chi connectivity index (χ3n) is 4.85. The molecule has 3 nitrogen and oxygen atoms in total. The molecule has 3 atom stereocenters. The Morgan fingerprint density at radius 2 is 2.15 bits per heavy atom. The van der Waals surface area contributed by atoms with Crippen molar-refractivity contribution in [2.24, 2.45) is 0 Å². The number of nitrogens with zero attached hydrogens (tertiary/aromatic N) is 2. The molecule has 20 heavy (non-hydrogen) atoms. The van der Waals surface area contributed by atoms with Gasteiger partial charge in [0.2, 0.25) is 0 Å². The molecule has 1 aliphatic rings. The minimum atomic E-state index is -0.282. The Kier molecular flexibility index (Phi) is 7.55. The number of rotatable bonds is 8. The number of nitriles is 1. The molecule has 0 aliphatic heterocycles. The topological polar surface area (TPSA) is 39.1 Å². The molecule has 1 N–H and O–H groups in total. The average Bonchev–Trinajstić information content (AvgIpc) is 2.48. The standard InChI is InChI=1S/C17H33N3/c1-5-8-12-20(15(4)6-2)16-10-9-11-17(13-16,14-18)19-7-3/h15-16,19H,5-13H2,1-4H3. The smallest absolute Gasteiger partial charge is 0.108 e. The Balaban J connectivity index is 2.77. The highest BCUT2D eigenvalue weighted by molar-refractivity contribution is 5.11. The van der Waals surface area contributed by atoms with E-state index in [-0.39, 0.29) is 5.54 Å². The summed E-state index contributed by atoms with van der Waals surface area (Å²) in [5.74, 6) is 0. The lowest BCUT2D eigenvalue weighted by atomic mass is 9.78. The number of nitrogens with one attached hydrogen (secondary N) is 1. The molecule has 0 heterocycles. The Labute approximate surface area is 125 Å². The minimum absolute atomic E-state index is 0.282. The second kappa shape index (κ2) is 8.64. The monoisotopic (exact) mass is 279 g/mol. The molecule has 0 aromatic carbocycles. The van der Waals surface area contributed by atoms with Crippen molar-refractivity contribution >= 4 is 0 Å². The summed E-state index contributed by atoms with van der Waals surface area (Å²) in [6, 6.07) is 3.78. The molecule has 1 saturated carbocycles. The van der Waals surface area contributed by atoms with Gasteiger partial charge in [0, 0.05) is 12.1 Å². The Bertz CT molecular complexity index is 306. The Hall–Kier alpha value is -0.590. The second-order valence-corrected chi connectivity index (χ2v) is 6.32. The van der Waals surface area contributed by atoms with Crippen LogP contribution in [0, 0.1) is 11.3 Å². The fourth-order valence-electron chi connectivity index (χ4n) is 3.51. The van der Waals surface area contributed by atoms with Gasteiger partial charge >= 0.3 is 0 Å². The van der Waals surface area contributed by atoms with Gasteiger partial charge in [0.15, 0.2) is 0 Å². The van der Waals surface area contributed by atoms with Crippen molar-refractivity contribution in [1.82, 2.24) is 10.2 Å². The lowest BCUT2D eigenvalue weighted by molar-refractivity contribution is 0.0827. The second-order valence-electron chi connectivity index (χ2n) is 6.32. The molecule has 1 fully saturated rings. The van der Waals surface area contributed by atoms with Gasteiger partial charge in [-0.25, -0.2) is 0 Å². The van der Waals surface area contributed by atoms with E-state index in [1.807, 2.05) is 0 Å². The van der Waals surface area contributed by atoms with E-state index >= 15 is 0 Å². The minimum Gasteiger partial charge on any atom is -0.300 e. The van der Waals surface area contributed by atoms with E-state index in [2.05, 4.69) is 44.0 Å². The molecule has 1 rings (SSSR count). The van der Waals surface area contributed by atoms with Gasteiger partial charge < -0.3 is 0 Å². The zero-order valence-corrected chi connectivity index (χ0v) is 13.9. The van der Waals surface area contributed by atoms with Crippen LogP contribution in [0.25, 0.3) is 0 Å². The van der Waals surface area contributed by atoms with Gasteiger partial charge in [-0.3, -0.25) is 10.2 Å². The van der Waals surface area contributed by atoms with Crippen molar-refractivity contribution in [3.63, 3.8) is 0 Å². The zero-order chi connectivity index (χ0) is 15.0. The Morgan fingerprint density at radius 3 is 2.70 bits per heavy atom. The molecule has 0 bridgehead atoms. The number of hydrogen-bond donors (Lipinski definition) is 1. The van der Waals surface area contributed by atoms with Crippen molar-refractivity contribution in [2.75, 3.05) is 13.1 Å². The molecule has 116 valence electrons. The fourth-order valence-corrected chi connectivity index (χ4v) is 3.51. The molecular formula is C17H33N3. The summed E-state index contributed by atoms with van der Waals surface area (Å²) in [6.45, 7) is 11.0. The lowest BCUT2D eigenvalue weighted by Crippen LogP contribution is -2.54. The molecule has 0 amide bonds. The highest BCUT2D eigenvalue weighted by Gasteiger charge is 2.38. The molecular weight excluding hydrogens is 246 g/mol. The van der Waals surface area contributed by atoms with Crippen molar-refractivity contribution in [2.45, 2.75) is 90.3 Å². The summed E-state index contributed by atoms with van der Waals surface area (Å²) in [4.78, 5) is 2.67. The van der Waals surface area contributed by atoms with Crippen LogP contribution < -0.4 is 5.32 Å². The summed E-state index contributed by atoms with van der Waals surface area (Å²) in [6.07, 6.45) is 8.13. The van der Waals surface area contributed by atoms with Crippen molar-refractivity contribution in [3.8, 4) is 6.07 Å². The first kappa shape index (κ1) is 17.5. The van der Waals surface area contributed by atoms with Crippen LogP contribution in [0.4, 0.5) is 0 Å². The number of unbranched alkanes of at least 4 members (excludes halogenated alkanes) is 1. The summed E-state index contributed by atoms with van der Waals surface area (Å²) < 4.78 is 0. The first-order valence-electron chi connectivity index (χ1n) is 8.54. The zero-order valence-electron chi connectivity index (χ0n) is 13.9. The molecule has 0 radical (unpaired) electrons. The molecule has 0 saturated heterocycles. The third kappa shape index (κ3) is 4.46. The normalized spacial score (nSPS) is 28.3. The van der Waals surface area contributed by atoms with Crippen LogP contribution in [-0.2, 0) is 0 Å². The SMILES string of the molecule is CCCCN(C(C)CC)C1CCCC(C#N)(NCC)C1. The van der Waals surface area contributed by atoms with Crippen LogP contribution in [0.15, 0.2) is 0 Å². The molecule has 3 unspecified atom stereocenters. The highest BCUT2D eigenvalue weighted by Crippen LogP contribution is 2.32. The highest BCUT2D eigenvalue weighted by atomic mass is 15.2. The average molecular weight is 279 g/mol. The quantitative estimate of drug-likeness (QED) is 0.736. The first-order chi connectivity index (χ1) is 9.62. The Morgan fingerprint density at radius 1 is 1.40 bits per heavy atom.